The van der Waals surface area contributed by atoms with Crippen molar-refractivity contribution in [1.29, 1.82) is 0 Å². The highest BCUT2D eigenvalue weighted by Crippen LogP contribution is 2.40. The number of ether oxygens (including phenoxy) is 2. The van der Waals surface area contributed by atoms with Crippen LogP contribution in [0.5, 0.6) is 5.75 Å². The van der Waals surface area contributed by atoms with E-state index >= 15 is 0 Å². The summed E-state index contributed by atoms with van der Waals surface area (Å²) >= 11 is 0. The number of carbonyl (C=O) groups is 1. The number of nitrogens with zero attached hydrogens (tertiary/aromatic N) is 1. The van der Waals surface area contributed by atoms with E-state index in [-0.39, 0.29) is 11.5 Å². The molecule has 0 radical (unpaired) electrons. The average molecular weight is 500 g/mol. The maximum atomic E-state index is 14.3. The van der Waals surface area contributed by atoms with E-state index in [1.807, 2.05) is 26.0 Å². The number of aryl methyl sites for hydroxylation is 2. The van der Waals surface area contributed by atoms with E-state index in [0.29, 0.717) is 56.1 Å². The largest absolute Gasteiger partial charge is 0.573 e. The molecule has 0 atom stereocenters. The third kappa shape index (κ3) is 4.65. The van der Waals surface area contributed by atoms with E-state index in [1.165, 1.54) is 12.1 Å². The molecule has 6 nitrogen and oxygen atoms in total. The van der Waals surface area contributed by atoms with Crippen LogP contribution in [0.25, 0.3) is 11.4 Å². The first-order chi connectivity index (χ1) is 17.2. The van der Waals surface area contributed by atoms with Crippen LogP contribution in [0.3, 0.4) is 0 Å². The zero-order chi connectivity index (χ0) is 25.5. The number of H-pyrrole nitrogens is 1. The molecule has 5 rings (SSSR count). The molecule has 0 aliphatic carbocycles. The van der Waals surface area contributed by atoms with Gasteiger partial charge >= 0.3 is 6.36 Å². The first kappa shape index (κ1) is 24.5. The Bertz CT molecular complexity index is 1250. The van der Waals surface area contributed by atoms with E-state index in [4.69, 9.17) is 9.72 Å². The fourth-order valence-electron chi connectivity index (χ4n) is 5.33. The number of hydrogen-bond donors (Lipinski definition) is 2. The Kier molecular flexibility index (Phi) is 6.38. The molecule has 1 saturated heterocycles. The van der Waals surface area contributed by atoms with Crippen molar-refractivity contribution in [2.24, 2.45) is 0 Å². The van der Waals surface area contributed by atoms with Crippen LogP contribution >= 0.6 is 0 Å². The summed E-state index contributed by atoms with van der Waals surface area (Å²) < 4.78 is 47.5. The number of ketones is 1. The van der Waals surface area contributed by atoms with Crippen LogP contribution in [0.15, 0.2) is 36.4 Å². The predicted molar refractivity (Wildman–Crippen MR) is 128 cm³/mol. The first-order valence-electron chi connectivity index (χ1n) is 12.1. The molecule has 3 aromatic rings. The molecule has 2 N–H and O–H groups in total. The first-order valence-corrected chi connectivity index (χ1v) is 12.1. The number of imidazole rings is 1. The number of aromatic amines is 1. The second-order valence-electron chi connectivity index (χ2n) is 9.53. The fraction of sp³-hybridized carbons (Fsp3) is 0.407. The molecule has 2 aromatic carbocycles. The molecular formula is C27H28F3N3O3. The van der Waals surface area contributed by atoms with Crippen molar-refractivity contribution >= 4 is 5.78 Å². The maximum Gasteiger partial charge on any atom is 0.573 e. The Morgan fingerprint density at radius 1 is 1.08 bits per heavy atom. The number of nitrogens with one attached hydrogen (secondary N) is 2. The summed E-state index contributed by atoms with van der Waals surface area (Å²) in [4.78, 5) is 22.4. The normalized spacial score (nSPS) is 17.5. The molecule has 36 heavy (non-hydrogen) atoms. The van der Waals surface area contributed by atoms with Crippen molar-refractivity contribution in [1.82, 2.24) is 15.3 Å². The van der Waals surface area contributed by atoms with Gasteiger partial charge in [-0.05, 0) is 74.7 Å². The molecule has 0 saturated carbocycles. The van der Waals surface area contributed by atoms with Crippen molar-refractivity contribution in [3.8, 4) is 17.1 Å². The number of hydrogen-bond acceptors (Lipinski definition) is 5. The number of fused-ring (bicyclic) bond motifs is 1. The molecule has 0 unspecified atom stereocenters. The lowest BCUT2D eigenvalue weighted by Crippen LogP contribution is -2.45. The molecule has 0 spiro atoms. The molecule has 2 aliphatic rings. The van der Waals surface area contributed by atoms with E-state index in [2.05, 4.69) is 15.0 Å². The van der Waals surface area contributed by atoms with Gasteiger partial charge in [-0.15, -0.1) is 13.2 Å². The van der Waals surface area contributed by atoms with Crippen LogP contribution in [-0.4, -0.2) is 41.8 Å². The minimum atomic E-state index is -4.77. The average Bonchev–Trinajstić information content (AvgIpc) is 3.27. The number of rotatable bonds is 5. The van der Waals surface area contributed by atoms with Crippen molar-refractivity contribution in [3.05, 3.63) is 70.0 Å². The molecule has 0 amide bonds. The Labute approximate surface area is 207 Å². The highest BCUT2D eigenvalue weighted by molar-refractivity contribution is 6.06. The fourth-order valence-corrected chi connectivity index (χ4v) is 5.33. The van der Waals surface area contributed by atoms with E-state index in [0.717, 1.165) is 34.5 Å². The van der Waals surface area contributed by atoms with Gasteiger partial charge in [0.1, 0.15) is 11.6 Å². The standard InChI is InChI=1S/C27H28F3N3O3/c1-16-13-17(2)21(25-32-22-7-12-35-15-23(22)33-25)14-20(16)24(34)26(8-10-31-11-9-26)18-3-5-19(6-4-18)36-27(28,29)30/h3-6,13-14,31H,7-12,15H2,1-2H3,(H,32,33). The Hall–Kier alpha value is -3.17. The van der Waals surface area contributed by atoms with Gasteiger partial charge in [0.25, 0.3) is 0 Å². The van der Waals surface area contributed by atoms with Crippen LogP contribution in [-0.2, 0) is 23.2 Å². The predicted octanol–water partition coefficient (Wildman–Crippen LogP) is 5.17. The lowest BCUT2D eigenvalue weighted by molar-refractivity contribution is -0.274. The summed E-state index contributed by atoms with van der Waals surface area (Å²) in [5, 5.41) is 3.29. The lowest BCUT2D eigenvalue weighted by atomic mass is 9.67. The quantitative estimate of drug-likeness (QED) is 0.474. The summed E-state index contributed by atoms with van der Waals surface area (Å²) in [6, 6.07) is 9.62. The maximum absolute atomic E-state index is 14.3. The van der Waals surface area contributed by atoms with Gasteiger partial charge in [0.2, 0.25) is 0 Å². The Morgan fingerprint density at radius 2 is 1.81 bits per heavy atom. The van der Waals surface area contributed by atoms with Crippen LogP contribution in [0, 0.1) is 13.8 Å². The molecule has 0 bridgehead atoms. The van der Waals surface area contributed by atoms with Crippen LogP contribution < -0.4 is 10.1 Å². The van der Waals surface area contributed by atoms with Gasteiger partial charge in [0, 0.05) is 17.5 Å². The van der Waals surface area contributed by atoms with Gasteiger partial charge in [-0.2, -0.15) is 0 Å². The third-order valence-electron chi connectivity index (χ3n) is 7.20. The molecule has 3 heterocycles. The number of benzene rings is 2. The zero-order valence-electron chi connectivity index (χ0n) is 20.2. The number of piperidine rings is 1. The zero-order valence-corrected chi connectivity index (χ0v) is 20.2. The van der Waals surface area contributed by atoms with E-state index in [1.54, 1.807) is 12.1 Å². The Morgan fingerprint density at radius 3 is 2.47 bits per heavy atom. The number of alkyl halides is 3. The van der Waals surface area contributed by atoms with Gasteiger partial charge in [0.05, 0.1) is 30.0 Å². The van der Waals surface area contributed by atoms with Crippen molar-refractivity contribution in [3.63, 3.8) is 0 Å². The van der Waals surface area contributed by atoms with Gasteiger partial charge in [-0.1, -0.05) is 18.2 Å². The Balaban J connectivity index is 1.54. The number of Topliss-reactive ketones (excluding diaryl/α,β-unsaturated/α-hetero) is 1. The number of halogens is 3. The van der Waals surface area contributed by atoms with Gasteiger partial charge in [0.15, 0.2) is 5.78 Å². The third-order valence-corrected chi connectivity index (χ3v) is 7.20. The van der Waals surface area contributed by atoms with Crippen molar-refractivity contribution in [2.75, 3.05) is 19.7 Å². The highest BCUT2D eigenvalue weighted by atomic mass is 19.4. The molecule has 2 aliphatic heterocycles. The van der Waals surface area contributed by atoms with Crippen LogP contribution in [0.2, 0.25) is 0 Å². The summed E-state index contributed by atoms with van der Waals surface area (Å²) in [5.74, 6) is 0.374. The van der Waals surface area contributed by atoms with Crippen molar-refractivity contribution in [2.45, 2.75) is 51.5 Å². The minimum absolute atomic E-state index is 0.0353. The summed E-state index contributed by atoms with van der Waals surface area (Å²) in [6.07, 6.45) is -2.94. The molecule has 9 heteroatoms. The smallest absolute Gasteiger partial charge is 0.406 e. The second kappa shape index (κ2) is 9.37. The SMILES string of the molecule is Cc1cc(C)c(-c2nc3c([nH]2)COCC3)cc1C(=O)C1(c2ccc(OC(F)(F)F)cc2)CCNCC1. The molecule has 1 fully saturated rings. The minimum Gasteiger partial charge on any atom is -0.406 e. The van der Waals surface area contributed by atoms with Crippen LogP contribution in [0.1, 0.15) is 51.3 Å². The molecular weight excluding hydrogens is 471 g/mol. The van der Waals surface area contributed by atoms with Crippen LogP contribution in [0.4, 0.5) is 13.2 Å². The lowest BCUT2D eigenvalue weighted by Gasteiger charge is -2.37. The highest BCUT2D eigenvalue weighted by Gasteiger charge is 2.42. The topological polar surface area (TPSA) is 76.2 Å². The van der Waals surface area contributed by atoms with Gasteiger partial charge in [-0.3, -0.25) is 4.79 Å². The molecule has 190 valence electrons. The van der Waals surface area contributed by atoms with E-state index in [9.17, 15) is 18.0 Å². The van der Waals surface area contributed by atoms with Crippen molar-refractivity contribution < 1.29 is 27.4 Å². The summed E-state index contributed by atoms with van der Waals surface area (Å²) in [6.45, 7) is 6.30. The second-order valence-corrected chi connectivity index (χ2v) is 9.53. The van der Waals surface area contributed by atoms with E-state index < -0.39 is 11.8 Å². The monoisotopic (exact) mass is 499 g/mol. The summed E-state index contributed by atoms with van der Waals surface area (Å²) in [5.41, 5.74) is 5.10. The number of carbonyl (C=O) groups excluding carboxylic acids is 1. The number of aromatic nitrogens is 2. The molecule has 1 aromatic heterocycles. The van der Waals surface area contributed by atoms with Gasteiger partial charge < -0.3 is 19.8 Å². The summed E-state index contributed by atoms with van der Waals surface area (Å²) in [7, 11) is 0. The van der Waals surface area contributed by atoms with Gasteiger partial charge in [-0.25, -0.2) is 4.98 Å².